The fraction of sp³-hybridized carbons (Fsp3) is 0.522. The maximum atomic E-state index is 10.8. The van der Waals surface area contributed by atoms with Gasteiger partial charge in [0.25, 0.3) is 0 Å². The summed E-state index contributed by atoms with van der Waals surface area (Å²) in [5.74, 6) is 0.740. The average Bonchev–Trinajstić information content (AvgIpc) is 3.27. The lowest BCUT2D eigenvalue weighted by molar-refractivity contribution is 0.0511. The van der Waals surface area contributed by atoms with E-state index in [1.165, 1.54) is 11.1 Å². The highest BCUT2D eigenvalue weighted by molar-refractivity contribution is 14.0. The van der Waals surface area contributed by atoms with Crippen LogP contribution >= 0.6 is 35.3 Å². The van der Waals surface area contributed by atoms with Gasteiger partial charge >= 0.3 is 0 Å². The fourth-order valence-corrected chi connectivity index (χ4v) is 4.74. The van der Waals surface area contributed by atoms with E-state index < -0.39 is 5.60 Å². The van der Waals surface area contributed by atoms with Crippen molar-refractivity contribution in [3.8, 4) is 0 Å². The van der Waals surface area contributed by atoms with E-state index >= 15 is 0 Å². The summed E-state index contributed by atoms with van der Waals surface area (Å²) in [7, 11) is 0. The SMILES string of the molecule is CCNC(=NCC(C)(O)c1cccs1)NCC1(c2ccccc2C)CCOCC1.I. The van der Waals surface area contributed by atoms with Gasteiger partial charge in [-0.1, -0.05) is 30.3 Å². The topological polar surface area (TPSA) is 65.9 Å². The largest absolute Gasteiger partial charge is 0.383 e. The molecule has 5 nitrogen and oxygen atoms in total. The highest BCUT2D eigenvalue weighted by atomic mass is 127. The molecule has 0 saturated carbocycles. The first-order chi connectivity index (χ1) is 14.0. The zero-order valence-corrected chi connectivity index (χ0v) is 21.3. The Morgan fingerprint density at radius 2 is 1.93 bits per heavy atom. The van der Waals surface area contributed by atoms with E-state index in [-0.39, 0.29) is 29.4 Å². The highest BCUT2D eigenvalue weighted by Crippen LogP contribution is 2.36. The summed E-state index contributed by atoms with van der Waals surface area (Å²) in [6, 6.07) is 12.6. The Hall–Kier alpha value is -1.16. The normalized spacial score (nSPS) is 18.2. The summed E-state index contributed by atoms with van der Waals surface area (Å²) in [5, 5.41) is 19.7. The molecule has 30 heavy (non-hydrogen) atoms. The van der Waals surface area contributed by atoms with Crippen LogP contribution in [0.2, 0.25) is 0 Å². The molecule has 0 spiro atoms. The molecule has 0 aliphatic carbocycles. The van der Waals surface area contributed by atoms with Crippen LogP contribution in [0.15, 0.2) is 46.8 Å². The van der Waals surface area contributed by atoms with Gasteiger partial charge in [0, 0.05) is 36.6 Å². The molecule has 3 N–H and O–H groups in total. The summed E-state index contributed by atoms with van der Waals surface area (Å²) < 4.78 is 5.67. The van der Waals surface area contributed by atoms with Crippen LogP contribution in [-0.4, -0.2) is 43.9 Å². The second kappa shape index (κ2) is 11.5. The first-order valence-corrected chi connectivity index (χ1v) is 11.3. The van der Waals surface area contributed by atoms with E-state index in [4.69, 9.17) is 9.73 Å². The van der Waals surface area contributed by atoms with E-state index in [9.17, 15) is 5.11 Å². The number of benzene rings is 1. The summed E-state index contributed by atoms with van der Waals surface area (Å²) in [4.78, 5) is 5.62. The van der Waals surface area contributed by atoms with Crippen molar-refractivity contribution in [3.05, 3.63) is 57.8 Å². The molecule has 1 saturated heterocycles. The molecule has 1 aromatic carbocycles. The molecule has 0 bridgehead atoms. The molecule has 0 amide bonds. The van der Waals surface area contributed by atoms with Crippen molar-refractivity contribution in [1.82, 2.24) is 10.6 Å². The summed E-state index contributed by atoms with van der Waals surface area (Å²) >= 11 is 1.56. The van der Waals surface area contributed by atoms with Gasteiger partial charge in [-0.25, -0.2) is 4.99 Å². The van der Waals surface area contributed by atoms with Crippen molar-refractivity contribution < 1.29 is 9.84 Å². The quantitative estimate of drug-likeness (QED) is 0.279. The first-order valence-electron chi connectivity index (χ1n) is 10.4. The smallest absolute Gasteiger partial charge is 0.191 e. The van der Waals surface area contributed by atoms with Gasteiger partial charge in [-0.15, -0.1) is 35.3 Å². The molecule has 1 aliphatic rings. The Balaban J connectivity index is 0.00000320. The van der Waals surface area contributed by atoms with Crippen LogP contribution in [0.5, 0.6) is 0 Å². The molecule has 1 fully saturated rings. The molecule has 2 aromatic rings. The summed E-state index contributed by atoms with van der Waals surface area (Å²) in [6.07, 6.45) is 1.97. The highest BCUT2D eigenvalue weighted by Gasteiger charge is 2.35. The third kappa shape index (κ3) is 6.18. The van der Waals surface area contributed by atoms with Crippen LogP contribution in [0.25, 0.3) is 0 Å². The number of nitrogens with zero attached hydrogens (tertiary/aromatic N) is 1. The van der Waals surface area contributed by atoms with Crippen LogP contribution in [-0.2, 0) is 15.8 Å². The maximum absolute atomic E-state index is 10.8. The van der Waals surface area contributed by atoms with Gasteiger partial charge in [0.15, 0.2) is 5.96 Å². The maximum Gasteiger partial charge on any atom is 0.191 e. The number of hydrogen-bond donors (Lipinski definition) is 3. The number of ether oxygens (including phenoxy) is 1. The standard InChI is InChI=1S/C23H33N3O2S.HI/c1-4-24-21(25-16-22(3,27)20-10-7-15-29-20)26-17-23(11-13-28-14-12-23)19-9-6-5-8-18(19)2;/h5-10,15,27H,4,11-14,16-17H2,1-3H3,(H2,24,25,26);1H. The van der Waals surface area contributed by atoms with Crippen molar-refractivity contribution in [2.24, 2.45) is 4.99 Å². The molecule has 166 valence electrons. The minimum absolute atomic E-state index is 0. The van der Waals surface area contributed by atoms with E-state index in [1.54, 1.807) is 11.3 Å². The fourth-order valence-electron chi connectivity index (χ4n) is 3.96. The Morgan fingerprint density at radius 1 is 1.20 bits per heavy atom. The monoisotopic (exact) mass is 543 g/mol. The Labute approximate surface area is 201 Å². The molecule has 1 aromatic heterocycles. The molecule has 2 heterocycles. The lowest BCUT2D eigenvalue weighted by Crippen LogP contribution is -2.48. The third-order valence-electron chi connectivity index (χ3n) is 5.70. The third-order valence-corrected chi connectivity index (χ3v) is 6.82. The van der Waals surface area contributed by atoms with Crippen LogP contribution in [0, 0.1) is 6.92 Å². The number of hydrogen-bond acceptors (Lipinski definition) is 4. The van der Waals surface area contributed by atoms with Crippen LogP contribution in [0.4, 0.5) is 0 Å². The Kier molecular flexibility index (Phi) is 9.59. The first kappa shape index (κ1) is 25.1. The van der Waals surface area contributed by atoms with Crippen LogP contribution in [0.3, 0.4) is 0 Å². The number of nitrogens with one attached hydrogen (secondary N) is 2. The summed E-state index contributed by atoms with van der Waals surface area (Å²) in [5.41, 5.74) is 1.76. The van der Waals surface area contributed by atoms with Gasteiger partial charge in [-0.2, -0.15) is 0 Å². The number of halogens is 1. The van der Waals surface area contributed by atoms with Gasteiger partial charge in [0.05, 0.1) is 6.54 Å². The second-order valence-corrected chi connectivity index (χ2v) is 8.96. The van der Waals surface area contributed by atoms with E-state index in [1.807, 2.05) is 24.4 Å². The van der Waals surface area contributed by atoms with E-state index in [2.05, 4.69) is 48.7 Å². The molecule has 7 heteroatoms. The lowest BCUT2D eigenvalue weighted by Gasteiger charge is -2.39. The number of aliphatic hydroxyl groups is 1. The van der Waals surface area contributed by atoms with Gasteiger partial charge in [0.1, 0.15) is 5.60 Å². The predicted molar refractivity (Wildman–Crippen MR) is 136 cm³/mol. The Morgan fingerprint density at radius 3 is 2.57 bits per heavy atom. The van der Waals surface area contributed by atoms with Crippen molar-refractivity contribution in [1.29, 1.82) is 0 Å². The van der Waals surface area contributed by atoms with E-state index in [0.29, 0.717) is 6.54 Å². The summed E-state index contributed by atoms with van der Waals surface area (Å²) in [6.45, 7) is 9.47. The van der Waals surface area contributed by atoms with Gasteiger partial charge in [-0.3, -0.25) is 0 Å². The van der Waals surface area contributed by atoms with Crippen LogP contribution in [0.1, 0.15) is 42.7 Å². The number of thiophene rings is 1. The minimum Gasteiger partial charge on any atom is -0.383 e. The molecule has 0 radical (unpaired) electrons. The lowest BCUT2D eigenvalue weighted by atomic mass is 9.72. The molecular formula is C23H34IN3O2S. The van der Waals surface area contributed by atoms with Crippen molar-refractivity contribution in [2.45, 2.75) is 44.6 Å². The molecule has 3 rings (SSSR count). The number of rotatable bonds is 7. The van der Waals surface area contributed by atoms with Gasteiger partial charge in [0.2, 0.25) is 0 Å². The number of aryl methyl sites for hydroxylation is 1. The van der Waals surface area contributed by atoms with Crippen molar-refractivity contribution in [3.63, 3.8) is 0 Å². The molecule has 1 atom stereocenters. The average molecular weight is 544 g/mol. The zero-order chi connectivity index (χ0) is 20.7. The van der Waals surface area contributed by atoms with Crippen LogP contribution < -0.4 is 10.6 Å². The van der Waals surface area contributed by atoms with Gasteiger partial charge in [-0.05, 0) is 56.2 Å². The number of aliphatic imine (C=N–C) groups is 1. The van der Waals surface area contributed by atoms with E-state index in [0.717, 1.165) is 50.0 Å². The minimum atomic E-state index is -0.969. The van der Waals surface area contributed by atoms with Crippen molar-refractivity contribution in [2.75, 3.05) is 32.8 Å². The molecular weight excluding hydrogens is 509 g/mol. The predicted octanol–water partition coefficient (Wildman–Crippen LogP) is 4.19. The van der Waals surface area contributed by atoms with Crippen molar-refractivity contribution >= 4 is 41.3 Å². The van der Waals surface area contributed by atoms with Gasteiger partial charge < -0.3 is 20.5 Å². The molecule has 1 unspecified atom stereocenters. The second-order valence-electron chi connectivity index (χ2n) is 8.01. The Bertz CT molecular complexity index is 803. The molecule has 1 aliphatic heterocycles. The zero-order valence-electron chi connectivity index (χ0n) is 18.1. The number of guanidine groups is 1.